The molecule has 0 bridgehead atoms. The molecule has 7 heteroatoms. The summed E-state index contributed by atoms with van der Waals surface area (Å²) in [5, 5.41) is 3.89. The third-order valence-electron chi connectivity index (χ3n) is 5.73. The maximum absolute atomic E-state index is 13.8. The lowest BCUT2D eigenvalue weighted by Crippen LogP contribution is -2.51. The number of benzene rings is 3. The van der Waals surface area contributed by atoms with Crippen LogP contribution in [0.25, 0.3) is 0 Å². The number of amides is 2. The molecule has 4 nitrogen and oxygen atoms in total. The molecule has 0 radical (unpaired) electrons. The van der Waals surface area contributed by atoms with Gasteiger partial charge in [-0.25, -0.2) is 0 Å². The molecule has 0 spiro atoms. The van der Waals surface area contributed by atoms with Gasteiger partial charge < -0.3 is 10.2 Å². The normalized spacial score (nSPS) is 11.7. The second-order valence-electron chi connectivity index (χ2n) is 8.38. The van der Waals surface area contributed by atoms with Crippen LogP contribution < -0.4 is 5.32 Å². The van der Waals surface area contributed by atoms with Gasteiger partial charge in [0.25, 0.3) is 0 Å². The summed E-state index contributed by atoms with van der Waals surface area (Å²) in [7, 11) is 0. The highest BCUT2D eigenvalue weighted by Gasteiger charge is 2.31. The molecule has 0 aliphatic rings. The van der Waals surface area contributed by atoms with Gasteiger partial charge in [-0.3, -0.25) is 9.59 Å². The fraction of sp³-hybridized carbons (Fsp3) is 0.286. The van der Waals surface area contributed by atoms with Crippen molar-refractivity contribution in [2.45, 2.75) is 45.2 Å². The van der Waals surface area contributed by atoms with E-state index in [2.05, 4.69) is 28.2 Å². The van der Waals surface area contributed by atoms with Crippen LogP contribution in [0, 0.1) is 0 Å². The number of unbranched alkanes of at least 4 members (excludes halogenated alkanes) is 1. The molecule has 3 aromatic rings. The average Bonchev–Trinajstić information content (AvgIpc) is 2.84. The number of carbonyl (C=O) groups is 2. The Morgan fingerprint density at radius 3 is 2.26 bits per heavy atom. The van der Waals surface area contributed by atoms with Gasteiger partial charge >= 0.3 is 0 Å². The van der Waals surface area contributed by atoms with E-state index < -0.39 is 6.04 Å². The fourth-order valence-corrected chi connectivity index (χ4v) is 4.82. The maximum atomic E-state index is 13.8. The lowest BCUT2D eigenvalue weighted by molar-refractivity contribution is -0.140. The number of hydrogen-bond acceptors (Lipinski definition) is 2. The van der Waals surface area contributed by atoms with Gasteiger partial charge in [0.05, 0.1) is 6.42 Å². The largest absolute Gasteiger partial charge is 0.354 e. The summed E-state index contributed by atoms with van der Waals surface area (Å²) in [6.07, 6.45) is 2.24. The van der Waals surface area contributed by atoms with Crippen molar-refractivity contribution in [3.63, 3.8) is 0 Å². The lowest BCUT2D eigenvalue weighted by Gasteiger charge is -2.32. The Morgan fingerprint density at radius 1 is 0.943 bits per heavy atom. The van der Waals surface area contributed by atoms with Gasteiger partial charge in [-0.15, -0.1) is 0 Å². The number of nitrogens with zero attached hydrogens (tertiary/aromatic N) is 1. The molecule has 1 N–H and O–H groups in total. The molecular formula is C28H29BrCl2N2O2. The van der Waals surface area contributed by atoms with Crippen LogP contribution in [0.4, 0.5) is 0 Å². The summed E-state index contributed by atoms with van der Waals surface area (Å²) < 4.78 is 0.906. The van der Waals surface area contributed by atoms with E-state index in [4.69, 9.17) is 23.2 Å². The zero-order valence-corrected chi connectivity index (χ0v) is 22.7. The van der Waals surface area contributed by atoms with E-state index in [0.29, 0.717) is 28.6 Å². The minimum atomic E-state index is -0.693. The summed E-state index contributed by atoms with van der Waals surface area (Å²) in [4.78, 5) is 28.9. The number of halogens is 3. The molecule has 0 saturated heterocycles. The van der Waals surface area contributed by atoms with Crippen LogP contribution in [0.3, 0.4) is 0 Å². The number of carbonyl (C=O) groups excluding carboxylic acids is 2. The Labute approximate surface area is 225 Å². The first-order valence-corrected chi connectivity index (χ1v) is 13.2. The molecule has 1 atom stereocenters. The van der Waals surface area contributed by atoms with Gasteiger partial charge in [0, 0.05) is 34.0 Å². The van der Waals surface area contributed by atoms with Crippen molar-refractivity contribution in [3.05, 3.63) is 104 Å². The third kappa shape index (κ3) is 8.09. The van der Waals surface area contributed by atoms with Crippen molar-refractivity contribution in [3.8, 4) is 0 Å². The highest BCUT2D eigenvalue weighted by molar-refractivity contribution is 9.10. The Balaban J connectivity index is 1.98. The smallest absolute Gasteiger partial charge is 0.243 e. The Morgan fingerprint density at radius 2 is 1.60 bits per heavy atom. The van der Waals surface area contributed by atoms with Crippen LogP contribution in [0.1, 0.15) is 36.5 Å². The van der Waals surface area contributed by atoms with E-state index in [1.165, 1.54) is 0 Å². The minimum absolute atomic E-state index is 0.0000392. The maximum Gasteiger partial charge on any atom is 0.243 e. The van der Waals surface area contributed by atoms with E-state index in [9.17, 15) is 9.59 Å². The molecule has 3 rings (SSSR count). The SMILES string of the molecule is CCCCNC(=O)C(Cc1ccccc1)N(Cc1cccc(Br)c1)C(=O)Cc1c(Cl)cccc1Cl. The van der Waals surface area contributed by atoms with Crippen LogP contribution in [0.2, 0.25) is 10.0 Å². The van der Waals surface area contributed by atoms with Crippen LogP contribution in [-0.4, -0.2) is 29.3 Å². The number of hydrogen-bond donors (Lipinski definition) is 1. The molecule has 1 unspecified atom stereocenters. The molecule has 0 fully saturated rings. The molecule has 35 heavy (non-hydrogen) atoms. The highest BCUT2D eigenvalue weighted by atomic mass is 79.9. The van der Waals surface area contributed by atoms with E-state index in [-0.39, 0.29) is 24.8 Å². The molecule has 2 amide bonds. The molecular weight excluding hydrogens is 547 g/mol. The topological polar surface area (TPSA) is 49.4 Å². The van der Waals surface area contributed by atoms with E-state index in [0.717, 1.165) is 28.4 Å². The summed E-state index contributed by atoms with van der Waals surface area (Å²) in [5.41, 5.74) is 2.45. The summed E-state index contributed by atoms with van der Waals surface area (Å²) in [5.74, 6) is -0.387. The van der Waals surface area contributed by atoms with Gasteiger partial charge in [0.1, 0.15) is 6.04 Å². The second kappa shape index (κ2) is 13.7. The monoisotopic (exact) mass is 574 g/mol. The number of rotatable bonds is 11. The first kappa shape index (κ1) is 27.3. The van der Waals surface area contributed by atoms with Crippen molar-refractivity contribution in [1.29, 1.82) is 0 Å². The van der Waals surface area contributed by atoms with E-state index in [1.54, 1.807) is 23.1 Å². The summed E-state index contributed by atoms with van der Waals surface area (Å²) in [6, 6.07) is 22.0. The Hall–Kier alpha value is -2.34. The number of nitrogens with one attached hydrogen (secondary N) is 1. The van der Waals surface area contributed by atoms with Gasteiger partial charge in [-0.1, -0.05) is 101 Å². The second-order valence-corrected chi connectivity index (χ2v) is 10.1. The predicted molar refractivity (Wildman–Crippen MR) is 147 cm³/mol. The van der Waals surface area contributed by atoms with Gasteiger partial charge in [-0.05, 0) is 47.4 Å². The van der Waals surface area contributed by atoms with Gasteiger partial charge in [0.2, 0.25) is 11.8 Å². The summed E-state index contributed by atoms with van der Waals surface area (Å²) >= 11 is 16.3. The van der Waals surface area contributed by atoms with Crippen molar-refractivity contribution >= 4 is 50.9 Å². The first-order valence-electron chi connectivity index (χ1n) is 11.7. The Kier molecular flexibility index (Phi) is 10.6. The zero-order chi connectivity index (χ0) is 25.2. The molecule has 0 aromatic heterocycles. The van der Waals surface area contributed by atoms with Crippen LogP contribution in [-0.2, 0) is 29.0 Å². The van der Waals surface area contributed by atoms with Crippen molar-refractivity contribution in [1.82, 2.24) is 10.2 Å². The van der Waals surface area contributed by atoms with Crippen LogP contribution in [0.15, 0.2) is 77.3 Å². The van der Waals surface area contributed by atoms with E-state index >= 15 is 0 Å². The van der Waals surface area contributed by atoms with E-state index in [1.807, 2.05) is 54.6 Å². The zero-order valence-electron chi connectivity index (χ0n) is 19.6. The first-order chi connectivity index (χ1) is 16.9. The minimum Gasteiger partial charge on any atom is -0.354 e. The third-order valence-corrected chi connectivity index (χ3v) is 6.93. The molecule has 0 aliphatic heterocycles. The highest BCUT2D eigenvalue weighted by Crippen LogP contribution is 2.26. The average molecular weight is 576 g/mol. The molecule has 0 saturated carbocycles. The van der Waals surface area contributed by atoms with Crippen molar-refractivity contribution in [2.75, 3.05) is 6.54 Å². The van der Waals surface area contributed by atoms with Gasteiger partial charge in [0.15, 0.2) is 0 Å². The van der Waals surface area contributed by atoms with Crippen LogP contribution in [0.5, 0.6) is 0 Å². The standard InChI is InChI=1S/C28H29BrCl2N2O2/c1-2-3-15-32-28(35)26(17-20-9-5-4-6-10-20)33(19-21-11-7-12-22(29)16-21)27(34)18-23-24(30)13-8-14-25(23)31/h4-14,16,26H,2-3,15,17-19H2,1H3,(H,32,35). The fourth-order valence-electron chi connectivity index (χ4n) is 3.85. The lowest BCUT2D eigenvalue weighted by atomic mass is 10.0. The molecule has 0 heterocycles. The summed E-state index contributed by atoms with van der Waals surface area (Å²) in [6.45, 7) is 2.92. The quantitative estimate of drug-likeness (QED) is 0.254. The van der Waals surface area contributed by atoms with Crippen molar-refractivity contribution < 1.29 is 9.59 Å². The predicted octanol–water partition coefficient (Wildman–Crippen LogP) is 6.85. The molecule has 0 aliphatic carbocycles. The Bertz CT molecular complexity index is 1120. The molecule has 184 valence electrons. The van der Waals surface area contributed by atoms with Crippen molar-refractivity contribution in [2.24, 2.45) is 0 Å². The van der Waals surface area contributed by atoms with Gasteiger partial charge in [-0.2, -0.15) is 0 Å². The van der Waals surface area contributed by atoms with Crippen LogP contribution >= 0.6 is 39.1 Å². The molecule has 3 aromatic carbocycles.